The lowest BCUT2D eigenvalue weighted by atomic mass is 10.1. The van der Waals surface area contributed by atoms with Crippen molar-refractivity contribution in [2.24, 2.45) is 0 Å². The molecule has 0 fully saturated rings. The summed E-state index contributed by atoms with van der Waals surface area (Å²) in [7, 11) is 0. The van der Waals surface area contributed by atoms with Crippen LogP contribution in [0.4, 0.5) is 5.82 Å². The van der Waals surface area contributed by atoms with Crippen LogP contribution in [0.2, 0.25) is 5.02 Å². The Balaban J connectivity index is 2.53. The van der Waals surface area contributed by atoms with Gasteiger partial charge in [0, 0.05) is 11.6 Å². The van der Waals surface area contributed by atoms with Gasteiger partial charge in [0.15, 0.2) is 0 Å². The van der Waals surface area contributed by atoms with Crippen LogP contribution < -0.4 is 5.32 Å². The maximum atomic E-state index is 6.47. The van der Waals surface area contributed by atoms with E-state index in [0.29, 0.717) is 6.04 Å². The van der Waals surface area contributed by atoms with E-state index in [9.17, 15) is 0 Å². The second kappa shape index (κ2) is 8.48. The molecular weight excluding hydrogens is 318 g/mol. The van der Waals surface area contributed by atoms with E-state index in [4.69, 9.17) is 21.6 Å². The number of nitrogens with zero attached hydrogens (tertiary/aromatic N) is 2. The van der Waals surface area contributed by atoms with Crippen molar-refractivity contribution in [3.63, 3.8) is 0 Å². The molecule has 0 aliphatic heterocycles. The average Bonchev–Trinajstić information content (AvgIpc) is 2.59. The highest BCUT2D eigenvalue weighted by Crippen LogP contribution is 2.31. The van der Waals surface area contributed by atoms with Crippen LogP contribution in [0.5, 0.6) is 0 Å². The Morgan fingerprint density at radius 3 is 2.21 bits per heavy atom. The predicted octanol–water partition coefficient (Wildman–Crippen LogP) is 5.83. The zero-order valence-electron chi connectivity index (χ0n) is 15.4. The molecule has 1 aromatic heterocycles. The normalized spacial score (nSPS) is 11.1. The van der Waals surface area contributed by atoms with E-state index in [0.717, 1.165) is 64.7 Å². The van der Waals surface area contributed by atoms with Crippen molar-refractivity contribution >= 4 is 17.4 Å². The fraction of sp³-hybridized carbons (Fsp3) is 0.500. The monoisotopic (exact) mass is 345 g/mol. The number of halogens is 1. The summed E-state index contributed by atoms with van der Waals surface area (Å²) in [5.74, 6) is 0.926. The van der Waals surface area contributed by atoms with Gasteiger partial charge in [0.05, 0.1) is 22.1 Å². The Kier molecular flexibility index (Phi) is 6.61. The number of hydrogen-bond acceptors (Lipinski definition) is 3. The van der Waals surface area contributed by atoms with Crippen molar-refractivity contribution in [1.82, 2.24) is 9.97 Å². The lowest BCUT2D eigenvalue weighted by molar-refractivity contribution is 0.665. The molecule has 0 saturated heterocycles. The van der Waals surface area contributed by atoms with E-state index in [1.165, 1.54) is 0 Å². The number of aryl methyl sites for hydroxylation is 3. The fourth-order valence-corrected chi connectivity index (χ4v) is 3.15. The Morgan fingerprint density at radius 2 is 1.67 bits per heavy atom. The Morgan fingerprint density at radius 1 is 1.00 bits per heavy atom. The van der Waals surface area contributed by atoms with Gasteiger partial charge in [0.2, 0.25) is 0 Å². The molecule has 1 aromatic carbocycles. The van der Waals surface area contributed by atoms with E-state index in [1.54, 1.807) is 0 Å². The average molecular weight is 346 g/mol. The lowest BCUT2D eigenvalue weighted by Gasteiger charge is -2.20. The highest BCUT2D eigenvalue weighted by molar-refractivity contribution is 6.33. The van der Waals surface area contributed by atoms with Crippen LogP contribution in [0.15, 0.2) is 18.2 Å². The first kappa shape index (κ1) is 18.7. The smallest absolute Gasteiger partial charge is 0.148 e. The topological polar surface area (TPSA) is 37.8 Å². The van der Waals surface area contributed by atoms with E-state index in [2.05, 4.69) is 39.1 Å². The number of benzene rings is 1. The van der Waals surface area contributed by atoms with Crippen LogP contribution >= 0.6 is 11.6 Å². The van der Waals surface area contributed by atoms with Crippen molar-refractivity contribution < 1.29 is 0 Å². The van der Waals surface area contributed by atoms with Gasteiger partial charge in [-0.2, -0.15) is 0 Å². The molecule has 0 unspecified atom stereocenters. The molecule has 0 aliphatic rings. The molecule has 130 valence electrons. The number of anilines is 1. The molecule has 0 bridgehead atoms. The molecule has 4 heteroatoms. The predicted molar refractivity (Wildman–Crippen MR) is 104 cm³/mol. The summed E-state index contributed by atoms with van der Waals surface area (Å²) in [5, 5.41) is 4.31. The molecule has 24 heavy (non-hydrogen) atoms. The summed E-state index contributed by atoms with van der Waals surface area (Å²) in [6.45, 7) is 10.7. The van der Waals surface area contributed by atoms with Gasteiger partial charge in [-0.1, -0.05) is 51.4 Å². The van der Waals surface area contributed by atoms with Gasteiger partial charge in [0.25, 0.3) is 0 Å². The SMILES string of the molecule is CCc1nc(-c2ccc(C)cc2Cl)c(CC)nc1NC(CC)CC. The van der Waals surface area contributed by atoms with Gasteiger partial charge in [-0.3, -0.25) is 0 Å². The minimum absolute atomic E-state index is 0.433. The van der Waals surface area contributed by atoms with Crippen molar-refractivity contribution in [3.05, 3.63) is 40.2 Å². The number of nitrogens with one attached hydrogen (secondary N) is 1. The Bertz CT molecular complexity index is 694. The van der Waals surface area contributed by atoms with E-state index in [1.807, 2.05) is 19.1 Å². The van der Waals surface area contributed by atoms with Crippen LogP contribution in [0.1, 0.15) is 57.5 Å². The minimum Gasteiger partial charge on any atom is -0.366 e. The van der Waals surface area contributed by atoms with Gasteiger partial charge in [-0.15, -0.1) is 0 Å². The lowest BCUT2D eigenvalue weighted by Crippen LogP contribution is -2.20. The molecule has 0 aliphatic carbocycles. The second-order valence-corrected chi connectivity index (χ2v) is 6.57. The highest BCUT2D eigenvalue weighted by atomic mass is 35.5. The van der Waals surface area contributed by atoms with Gasteiger partial charge < -0.3 is 5.32 Å². The summed E-state index contributed by atoms with van der Waals surface area (Å²) in [4.78, 5) is 9.84. The molecule has 0 saturated carbocycles. The maximum absolute atomic E-state index is 6.47. The quantitative estimate of drug-likeness (QED) is 0.685. The zero-order chi connectivity index (χ0) is 17.7. The van der Waals surface area contributed by atoms with Crippen molar-refractivity contribution in [2.75, 3.05) is 5.32 Å². The number of aromatic nitrogens is 2. The molecule has 2 aromatic rings. The van der Waals surface area contributed by atoms with Gasteiger partial charge in [0.1, 0.15) is 5.82 Å². The molecular formula is C20H28ClN3. The summed E-state index contributed by atoms with van der Waals surface area (Å²) in [6, 6.07) is 6.54. The third kappa shape index (κ3) is 4.07. The van der Waals surface area contributed by atoms with Crippen LogP contribution in [0, 0.1) is 6.92 Å². The van der Waals surface area contributed by atoms with Crippen LogP contribution in [0.25, 0.3) is 11.3 Å². The third-order valence-electron chi connectivity index (χ3n) is 4.42. The van der Waals surface area contributed by atoms with Gasteiger partial charge >= 0.3 is 0 Å². The van der Waals surface area contributed by atoms with E-state index in [-0.39, 0.29) is 0 Å². The molecule has 1 heterocycles. The largest absolute Gasteiger partial charge is 0.366 e. The molecule has 3 nitrogen and oxygen atoms in total. The number of hydrogen-bond donors (Lipinski definition) is 1. The first-order valence-electron chi connectivity index (χ1n) is 8.96. The summed E-state index contributed by atoms with van der Waals surface area (Å²) < 4.78 is 0. The second-order valence-electron chi connectivity index (χ2n) is 6.16. The molecule has 1 N–H and O–H groups in total. The van der Waals surface area contributed by atoms with Gasteiger partial charge in [-0.25, -0.2) is 9.97 Å². The molecule has 0 radical (unpaired) electrons. The molecule has 2 rings (SSSR count). The van der Waals surface area contributed by atoms with E-state index < -0.39 is 0 Å². The van der Waals surface area contributed by atoms with Crippen molar-refractivity contribution in [3.8, 4) is 11.3 Å². The summed E-state index contributed by atoms with van der Waals surface area (Å²) >= 11 is 6.47. The zero-order valence-corrected chi connectivity index (χ0v) is 16.2. The maximum Gasteiger partial charge on any atom is 0.148 e. The minimum atomic E-state index is 0.433. The highest BCUT2D eigenvalue weighted by Gasteiger charge is 2.17. The molecule has 0 atom stereocenters. The van der Waals surface area contributed by atoms with E-state index >= 15 is 0 Å². The van der Waals surface area contributed by atoms with Crippen LogP contribution in [-0.4, -0.2) is 16.0 Å². The number of rotatable bonds is 7. The van der Waals surface area contributed by atoms with Gasteiger partial charge in [-0.05, 0) is 44.2 Å². The first-order valence-corrected chi connectivity index (χ1v) is 9.34. The Labute approximate surface area is 150 Å². The standard InChI is InChI=1S/C20H28ClN3/c1-6-14(7-2)22-20-18(9-4)23-19(17(8-3)24-20)15-11-10-13(5)12-16(15)21/h10-12,14H,6-9H2,1-5H3,(H,22,24). The summed E-state index contributed by atoms with van der Waals surface area (Å²) in [6.07, 6.45) is 3.83. The van der Waals surface area contributed by atoms with Crippen LogP contribution in [-0.2, 0) is 12.8 Å². The molecule has 0 spiro atoms. The Hall–Kier alpha value is -1.61. The molecule has 0 amide bonds. The summed E-state index contributed by atoms with van der Waals surface area (Å²) in [5.41, 5.74) is 5.03. The fourth-order valence-electron chi connectivity index (χ4n) is 2.83. The van der Waals surface area contributed by atoms with Crippen molar-refractivity contribution in [2.45, 2.75) is 66.3 Å². The first-order chi connectivity index (χ1) is 11.5. The van der Waals surface area contributed by atoms with Crippen molar-refractivity contribution in [1.29, 1.82) is 0 Å². The third-order valence-corrected chi connectivity index (χ3v) is 4.73. The van der Waals surface area contributed by atoms with Crippen LogP contribution in [0.3, 0.4) is 0 Å².